The van der Waals surface area contributed by atoms with Gasteiger partial charge in [0.15, 0.2) is 0 Å². The quantitative estimate of drug-likeness (QED) is 0.582. The molecule has 0 aromatic heterocycles. The van der Waals surface area contributed by atoms with Crippen LogP contribution in [0.25, 0.3) is 0 Å². The highest BCUT2D eigenvalue weighted by Crippen LogP contribution is 2.32. The van der Waals surface area contributed by atoms with E-state index in [2.05, 4.69) is 13.8 Å². The summed E-state index contributed by atoms with van der Waals surface area (Å²) in [5, 5.41) is 9.45. The molecular weight excluding hydrogens is 176 g/mol. The number of hydrogen-bond donors (Lipinski definition) is 1. The molecule has 0 radical (unpaired) electrons. The minimum atomic E-state index is 0.116. The van der Waals surface area contributed by atoms with E-state index < -0.39 is 0 Å². The number of aliphatic hydroxyl groups is 1. The Morgan fingerprint density at radius 1 is 1.14 bits per heavy atom. The molecule has 0 amide bonds. The topological polar surface area (TPSA) is 29.5 Å². The van der Waals surface area contributed by atoms with Crippen LogP contribution in [-0.2, 0) is 4.74 Å². The first-order valence-corrected chi connectivity index (χ1v) is 5.93. The molecule has 0 rings (SSSR count). The molecule has 1 atom stereocenters. The second kappa shape index (κ2) is 8.25. The highest BCUT2D eigenvalue weighted by atomic mass is 16.5. The minimum Gasteiger partial charge on any atom is -0.396 e. The van der Waals surface area contributed by atoms with Gasteiger partial charge in [-0.25, -0.2) is 0 Å². The summed E-state index contributed by atoms with van der Waals surface area (Å²) in [6, 6.07) is 0. The molecule has 0 aliphatic heterocycles. The monoisotopic (exact) mass is 202 g/mol. The standard InChI is InChI=1S/C12H26O2/c1-4-7-8-12(5-2,11-13)9-10-14-6-3/h13H,4-11H2,1-3H3. The number of rotatable bonds is 9. The first kappa shape index (κ1) is 13.9. The van der Waals surface area contributed by atoms with Crippen LogP contribution in [0.4, 0.5) is 0 Å². The normalized spacial score (nSPS) is 15.4. The van der Waals surface area contributed by atoms with Crippen molar-refractivity contribution in [1.29, 1.82) is 0 Å². The van der Waals surface area contributed by atoms with E-state index in [9.17, 15) is 5.11 Å². The third-order valence-corrected chi connectivity index (χ3v) is 3.13. The predicted octanol–water partition coefficient (Wildman–Crippen LogP) is 2.99. The average Bonchev–Trinajstić information content (AvgIpc) is 2.24. The van der Waals surface area contributed by atoms with Crippen LogP contribution in [0.2, 0.25) is 0 Å². The van der Waals surface area contributed by atoms with E-state index >= 15 is 0 Å². The summed E-state index contributed by atoms with van der Waals surface area (Å²) in [5.41, 5.74) is 0.116. The second-order valence-corrected chi connectivity index (χ2v) is 4.06. The highest BCUT2D eigenvalue weighted by Gasteiger charge is 2.26. The fourth-order valence-corrected chi connectivity index (χ4v) is 1.73. The van der Waals surface area contributed by atoms with E-state index in [-0.39, 0.29) is 5.41 Å². The summed E-state index contributed by atoms with van der Waals surface area (Å²) < 4.78 is 5.36. The molecule has 0 bridgehead atoms. The smallest absolute Gasteiger partial charge is 0.0488 e. The predicted molar refractivity (Wildman–Crippen MR) is 60.4 cm³/mol. The lowest BCUT2D eigenvalue weighted by atomic mass is 9.78. The van der Waals surface area contributed by atoms with Crippen molar-refractivity contribution < 1.29 is 9.84 Å². The van der Waals surface area contributed by atoms with Gasteiger partial charge >= 0.3 is 0 Å². The van der Waals surface area contributed by atoms with Crippen LogP contribution in [0.5, 0.6) is 0 Å². The minimum absolute atomic E-state index is 0.116. The Morgan fingerprint density at radius 3 is 2.29 bits per heavy atom. The lowest BCUT2D eigenvalue weighted by molar-refractivity contribution is 0.0505. The fraction of sp³-hybridized carbons (Fsp3) is 1.00. The van der Waals surface area contributed by atoms with Gasteiger partial charge in [0.1, 0.15) is 0 Å². The van der Waals surface area contributed by atoms with Gasteiger partial charge < -0.3 is 9.84 Å². The van der Waals surface area contributed by atoms with Crippen LogP contribution >= 0.6 is 0 Å². The Hall–Kier alpha value is -0.0800. The molecule has 0 saturated heterocycles. The van der Waals surface area contributed by atoms with Crippen molar-refractivity contribution in [3.8, 4) is 0 Å². The summed E-state index contributed by atoms with van der Waals surface area (Å²) in [6.07, 6.45) is 5.59. The first-order valence-electron chi connectivity index (χ1n) is 5.93. The van der Waals surface area contributed by atoms with Crippen LogP contribution in [0.3, 0.4) is 0 Å². The van der Waals surface area contributed by atoms with Gasteiger partial charge in [-0.2, -0.15) is 0 Å². The first-order chi connectivity index (χ1) is 6.74. The van der Waals surface area contributed by atoms with E-state index in [4.69, 9.17) is 4.74 Å². The molecule has 0 spiro atoms. The van der Waals surface area contributed by atoms with E-state index in [1.165, 1.54) is 12.8 Å². The van der Waals surface area contributed by atoms with Gasteiger partial charge in [0.25, 0.3) is 0 Å². The molecule has 0 aliphatic carbocycles. The van der Waals surface area contributed by atoms with Gasteiger partial charge in [0.2, 0.25) is 0 Å². The Morgan fingerprint density at radius 2 is 1.86 bits per heavy atom. The molecule has 2 heteroatoms. The lowest BCUT2D eigenvalue weighted by Crippen LogP contribution is -2.26. The van der Waals surface area contributed by atoms with Crippen molar-refractivity contribution >= 4 is 0 Å². The largest absolute Gasteiger partial charge is 0.396 e. The zero-order valence-electron chi connectivity index (χ0n) is 10.0. The van der Waals surface area contributed by atoms with Crippen LogP contribution in [0.15, 0.2) is 0 Å². The van der Waals surface area contributed by atoms with E-state index in [1.807, 2.05) is 6.92 Å². The molecular formula is C12H26O2. The number of aliphatic hydroxyl groups excluding tert-OH is 1. The van der Waals surface area contributed by atoms with Gasteiger partial charge in [0, 0.05) is 19.8 Å². The van der Waals surface area contributed by atoms with Crippen molar-refractivity contribution in [2.45, 2.75) is 52.9 Å². The van der Waals surface area contributed by atoms with E-state index in [0.717, 1.165) is 32.5 Å². The molecule has 86 valence electrons. The SMILES string of the molecule is CCCCC(CC)(CO)CCOCC. The fourth-order valence-electron chi connectivity index (χ4n) is 1.73. The zero-order chi connectivity index (χ0) is 10.9. The molecule has 1 unspecified atom stereocenters. The van der Waals surface area contributed by atoms with Crippen molar-refractivity contribution in [1.82, 2.24) is 0 Å². The van der Waals surface area contributed by atoms with Crippen LogP contribution in [-0.4, -0.2) is 24.9 Å². The molecule has 1 N–H and O–H groups in total. The average molecular weight is 202 g/mol. The van der Waals surface area contributed by atoms with Crippen LogP contribution in [0.1, 0.15) is 52.9 Å². The summed E-state index contributed by atoms with van der Waals surface area (Å²) in [7, 11) is 0. The van der Waals surface area contributed by atoms with Gasteiger partial charge in [0.05, 0.1) is 0 Å². The lowest BCUT2D eigenvalue weighted by Gasteiger charge is -2.30. The summed E-state index contributed by atoms with van der Waals surface area (Å²) >= 11 is 0. The van der Waals surface area contributed by atoms with Crippen molar-refractivity contribution in [3.63, 3.8) is 0 Å². The maximum atomic E-state index is 9.45. The molecule has 0 aliphatic rings. The Bertz CT molecular complexity index is 119. The molecule has 2 nitrogen and oxygen atoms in total. The Labute approximate surface area is 88.7 Å². The summed E-state index contributed by atoms with van der Waals surface area (Å²) in [4.78, 5) is 0. The van der Waals surface area contributed by atoms with Crippen LogP contribution < -0.4 is 0 Å². The third kappa shape index (κ3) is 4.97. The molecule has 0 aromatic carbocycles. The van der Waals surface area contributed by atoms with Gasteiger partial charge in [-0.1, -0.05) is 26.7 Å². The molecule has 0 heterocycles. The Kier molecular flexibility index (Phi) is 8.20. The maximum Gasteiger partial charge on any atom is 0.0488 e. The third-order valence-electron chi connectivity index (χ3n) is 3.13. The van der Waals surface area contributed by atoms with Crippen molar-refractivity contribution in [3.05, 3.63) is 0 Å². The molecule has 0 aromatic rings. The van der Waals surface area contributed by atoms with Gasteiger partial charge in [-0.3, -0.25) is 0 Å². The summed E-state index contributed by atoms with van der Waals surface area (Å²) in [5.74, 6) is 0. The Balaban J connectivity index is 3.94. The van der Waals surface area contributed by atoms with Gasteiger partial charge in [-0.15, -0.1) is 0 Å². The van der Waals surface area contributed by atoms with Crippen molar-refractivity contribution in [2.24, 2.45) is 5.41 Å². The molecule has 14 heavy (non-hydrogen) atoms. The number of ether oxygens (including phenoxy) is 1. The summed E-state index contributed by atoms with van der Waals surface area (Å²) in [6.45, 7) is 8.24. The van der Waals surface area contributed by atoms with Crippen molar-refractivity contribution in [2.75, 3.05) is 19.8 Å². The maximum absolute atomic E-state index is 9.45. The second-order valence-electron chi connectivity index (χ2n) is 4.06. The van der Waals surface area contributed by atoms with Crippen LogP contribution in [0, 0.1) is 5.41 Å². The number of hydrogen-bond acceptors (Lipinski definition) is 2. The zero-order valence-corrected chi connectivity index (χ0v) is 10.0. The van der Waals surface area contributed by atoms with Gasteiger partial charge in [-0.05, 0) is 31.6 Å². The molecule has 0 saturated carbocycles. The number of unbranched alkanes of at least 4 members (excludes halogenated alkanes) is 1. The van der Waals surface area contributed by atoms with E-state index in [1.54, 1.807) is 0 Å². The highest BCUT2D eigenvalue weighted by molar-refractivity contribution is 4.76. The van der Waals surface area contributed by atoms with E-state index in [0.29, 0.717) is 6.61 Å². The molecule has 0 fully saturated rings.